The Bertz CT molecular complexity index is 295. The van der Waals surface area contributed by atoms with Crippen molar-refractivity contribution in [3.63, 3.8) is 0 Å². The van der Waals surface area contributed by atoms with E-state index >= 15 is 0 Å². The lowest BCUT2D eigenvalue weighted by molar-refractivity contribution is 0.150. The molecule has 3 heteroatoms. The van der Waals surface area contributed by atoms with Gasteiger partial charge in [-0.1, -0.05) is 6.92 Å². The van der Waals surface area contributed by atoms with Crippen LogP contribution in [0.1, 0.15) is 16.7 Å². The Balaban J connectivity index is 1.96. The second-order valence-corrected chi connectivity index (χ2v) is 6.12. The lowest BCUT2D eigenvalue weighted by Crippen LogP contribution is -2.19. The van der Waals surface area contributed by atoms with Crippen molar-refractivity contribution < 1.29 is 5.11 Å². The molecular formula is C11H16OS2. The summed E-state index contributed by atoms with van der Waals surface area (Å²) in [5, 5.41) is 9.70. The fraction of sp³-hybridized carbons (Fsp3) is 0.636. The van der Waals surface area contributed by atoms with E-state index in [9.17, 15) is 5.11 Å². The van der Waals surface area contributed by atoms with Gasteiger partial charge >= 0.3 is 0 Å². The molecule has 14 heavy (non-hydrogen) atoms. The molecule has 1 aromatic rings. The Morgan fingerprint density at radius 1 is 1.36 bits per heavy atom. The monoisotopic (exact) mass is 228 g/mol. The summed E-state index contributed by atoms with van der Waals surface area (Å²) in [6.07, 6.45) is 2.12. The van der Waals surface area contributed by atoms with Crippen LogP contribution < -0.4 is 0 Å². The molecule has 2 atom stereocenters. The lowest BCUT2D eigenvalue weighted by atomic mass is 10.0. The van der Waals surface area contributed by atoms with Gasteiger partial charge in [0, 0.05) is 15.5 Å². The number of hydrogen-bond donors (Lipinski definition) is 1. The Morgan fingerprint density at radius 2 is 2.14 bits per heavy atom. The molecule has 0 radical (unpaired) electrons. The van der Waals surface area contributed by atoms with E-state index in [4.69, 9.17) is 0 Å². The van der Waals surface area contributed by atoms with Crippen LogP contribution in [0, 0.1) is 5.92 Å². The first-order valence-corrected chi connectivity index (χ1v) is 7.10. The SMILES string of the molecule is CCc1ccc(CC2CSCC2O)s1. The highest BCUT2D eigenvalue weighted by atomic mass is 32.2. The van der Waals surface area contributed by atoms with Crippen molar-refractivity contribution in [1.82, 2.24) is 0 Å². The Hall–Kier alpha value is 0.01000. The summed E-state index contributed by atoms with van der Waals surface area (Å²) in [5.41, 5.74) is 0. The zero-order valence-electron chi connectivity index (χ0n) is 8.40. The molecule has 1 saturated heterocycles. The molecule has 78 valence electrons. The van der Waals surface area contributed by atoms with Gasteiger partial charge in [0.15, 0.2) is 0 Å². The minimum atomic E-state index is -0.0767. The predicted molar refractivity (Wildman–Crippen MR) is 64.2 cm³/mol. The molecule has 1 fully saturated rings. The van der Waals surface area contributed by atoms with Crippen molar-refractivity contribution in [2.24, 2.45) is 5.92 Å². The van der Waals surface area contributed by atoms with E-state index in [1.54, 1.807) is 0 Å². The van der Waals surface area contributed by atoms with Gasteiger partial charge in [-0.05, 0) is 36.6 Å². The first-order valence-electron chi connectivity index (χ1n) is 5.13. The van der Waals surface area contributed by atoms with Crippen LogP contribution in [0.2, 0.25) is 0 Å². The number of rotatable bonds is 3. The van der Waals surface area contributed by atoms with Gasteiger partial charge in [0.2, 0.25) is 0 Å². The first-order chi connectivity index (χ1) is 6.79. The van der Waals surface area contributed by atoms with E-state index in [0.29, 0.717) is 5.92 Å². The molecule has 0 bridgehead atoms. The summed E-state index contributed by atoms with van der Waals surface area (Å²) in [6.45, 7) is 2.19. The van der Waals surface area contributed by atoms with Crippen molar-refractivity contribution >= 4 is 23.1 Å². The van der Waals surface area contributed by atoms with Crippen molar-refractivity contribution in [3.8, 4) is 0 Å². The van der Waals surface area contributed by atoms with Gasteiger partial charge in [-0.25, -0.2) is 0 Å². The van der Waals surface area contributed by atoms with E-state index in [0.717, 1.165) is 24.3 Å². The summed E-state index contributed by atoms with van der Waals surface area (Å²) in [5.74, 6) is 2.54. The van der Waals surface area contributed by atoms with Crippen molar-refractivity contribution in [2.45, 2.75) is 25.9 Å². The molecule has 1 nitrogen and oxygen atoms in total. The normalized spacial score (nSPS) is 27.0. The van der Waals surface area contributed by atoms with E-state index < -0.39 is 0 Å². The Kier molecular flexibility index (Phi) is 3.52. The maximum absolute atomic E-state index is 9.70. The maximum Gasteiger partial charge on any atom is 0.0670 e. The van der Waals surface area contributed by atoms with Crippen LogP contribution in [0.3, 0.4) is 0 Å². The van der Waals surface area contributed by atoms with Gasteiger partial charge in [-0.3, -0.25) is 0 Å². The van der Waals surface area contributed by atoms with Gasteiger partial charge in [0.05, 0.1) is 6.10 Å². The highest BCUT2D eigenvalue weighted by molar-refractivity contribution is 7.99. The molecule has 0 spiro atoms. The summed E-state index contributed by atoms with van der Waals surface area (Å²) >= 11 is 3.78. The highest BCUT2D eigenvalue weighted by Crippen LogP contribution is 2.29. The molecule has 0 amide bonds. The van der Waals surface area contributed by atoms with Crippen molar-refractivity contribution in [2.75, 3.05) is 11.5 Å². The average Bonchev–Trinajstić information content (AvgIpc) is 2.77. The van der Waals surface area contributed by atoms with Crippen LogP contribution in [-0.2, 0) is 12.8 Å². The molecule has 1 aliphatic heterocycles. The molecule has 1 aromatic heterocycles. The highest BCUT2D eigenvalue weighted by Gasteiger charge is 2.26. The van der Waals surface area contributed by atoms with Crippen LogP contribution in [0.15, 0.2) is 12.1 Å². The second-order valence-electron chi connectivity index (χ2n) is 3.79. The van der Waals surface area contributed by atoms with E-state index in [1.807, 2.05) is 23.1 Å². The van der Waals surface area contributed by atoms with E-state index in [2.05, 4.69) is 19.1 Å². The number of thiophene rings is 1. The lowest BCUT2D eigenvalue weighted by Gasteiger charge is -2.11. The molecule has 2 rings (SSSR count). The molecule has 2 unspecified atom stereocenters. The molecule has 0 aliphatic carbocycles. The van der Waals surface area contributed by atoms with Gasteiger partial charge < -0.3 is 5.11 Å². The zero-order valence-corrected chi connectivity index (χ0v) is 10.0. The number of aliphatic hydroxyl groups is 1. The average molecular weight is 228 g/mol. The Morgan fingerprint density at radius 3 is 2.71 bits per heavy atom. The molecule has 1 N–H and O–H groups in total. The summed E-state index contributed by atoms with van der Waals surface area (Å²) < 4.78 is 0. The van der Waals surface area contributed by atoms with Gasteiger partial charge in [-0.2, -0.15) is 11.8 Å². The number of thioether (sulfide) groups is 1. The van der Waals surface area contributed by atoms with Gasteiger partial charge in [0.25, 0.3) is 0 Å². The fourth-order valence-electron chi connectivity index (χ4n) is 1.76. The molecule has 0 aromatic carbocycles. The number of aryl methyl sites for hydroxylation is 1. The fourth-order valence-corrected chi connectivity index (χ4v) is 4.11. The molecule has 1 aliphatic rings. The third-order valence-corrected chi connectivity index (χ3v) is 5.19. The van der Waals surface area contributed by atoms with Crippen LogP contribution in [0.25, 0.3) is 0 Å². The summed E-state index contributed by atoms with van der Waals surface area (Å²) in [7, 11) is 0. The van der Waals surface area contributed by atoms with E-state index in [-0.39, 0.29) is 6.10 Å². The molecular weight excluding hydrogens is 212 g/mol. The van der Waals surface area contributed by atoms with E-state index in [1.165, 1.54) is 9.75 Å². The maximum atomic E-state index is 9.70. The summed E-state index contributed by atoms with van der Waals surface area (Å²) in [4.78, 5) is 2.90. The third-order valence-electron chi connectivity index (χ3n) is 2.69. The van der Waals surface area contributed by atoms with Gasteiger partial charge in [0.1, 0.15) is 0 Å². The minimum Gasteiger partial charge on any atom is -0.392 e. The summed E-state index contributed by atoms with van der Waals surface area (Å²) in [6, 6.07) is 4.44. The van der Waals surface area contributed by atoms with Crippen LogP contribution in [0.5, 0.6) is 0 Å². The smallest absolute Gasteiger partial charge is 0.0670 e. The number of hydrogen-bond acceptors (Lipinski definition) is 3. The van der Waals surface area contributed by atoms with Crippen LogP contribution in [-0.4, -0.2) is 22.7 Å². The first kappa shape index (κ1) is 10.5. The van der Waals surface area contributed by atoms with Crippen LogP contribution >= 0.6 is 23.1 Å². The molecule has 0 saturated carbocycles. The standard InChI is InChI=1S/C11H16OS2/c1-2-9-3-4-10(14-9)5-8-6-13-7-11(8)12/h3-4,8,11-12H,2,5-7H2,1H3. The zero-order chi connectivity index (χ0) is 9.97. The predicted octanol–water partition coefficient (Wildman–Crippen LogP) is 2.58. The third kappa shape index (κ3) is 2.33. The number of aliphatic hydroxyl groups excluding tert-OH is 1. The quantitative estimate of drug-likeness (QED) is 0.858. The van der Waals surface area contributed by atoms with Crippen LogP contribution in [0.4, 0.5) is 0 Å². The largest absolute Gasteiger partial charge is 0.392 e. The molecule has 2 heterocycles. The van der Waals surface area contributed by atoms with Crippen molar-refractivity contribution in [1.29, 1.82) is 0 Å². The second kappa shape index (κ2) is 4.69. The minimum absolute atomic E-state index is 0.0767. The van der Waals surface area contributed by atoms with Gasteiger partial charge in [-0.15, -0.1) is 11.3 Å². The van der Waals surface area contributed by atoms with Crippen molar-refractivity contribution in [3.05, 3.63) is 21.9 Å². The Labute approximate surface area is 93.5 Å². The topological polar surface area (TPSA) is 20.2 Å².